The summed E-state index contributed by atoms with van der Waals surface area (Å²) in [6.45, 7) is 7.67. The van der Waals surface area contributed by atoms with Gasteiger partial charge in [-0.25, -0.2) is 9.18 Å². The Morgan fingerprint density at radius 2 is 1.79 bits per heavy atom. The van der Waals surface area contributed by atoms with Crippen LogP contribution in [0.3, 0.4) is 0 Å². The maximum Gasteiger partial charge on any atom is 0.410 e. The standard InChI is InChI=1S/C22H33FN2O3/c1-22(2,3)28-21(27)25-14-12-18(13-15-25)16-24(4)20(26)7-5-6-17-8-10-19(23)11-9-17/h8-11,18H,5-7,12-16H2,1-4H3. The van der Waals surface area contributed by atoms with Crippen LogP contribution in [0.5, 0.6) is 0 Å². The van der Waals surface area contributed by atoms with Gasteiger partial charge >= 0.3 is 6.09 Å². The van der Waals surface area contributed by atoms with Crippen LogP contribution in [0, 0.1) is 11.7 Å². The molecule has 0 atom stereocenters. The number of nitrogens with zero attached hydrogens (tertiary/aromatic N) is 2. The number of rotatable bonds is 6. The molecule has 6 heteroatoms. The number of hydrogen-bond acceptors (Lipinski definition) is 3. The molecule has 156 valence electrons. The normalized spacial score (nSPS) is 15.4. The van der Waals surface area contributed by atoms with E-state index in [9.17, 15) is 14.0 Å². The second-order valence-corrected chi connectivity index (χ2v) is 8.67. The molecule has 2 rings (SSSR count). The molecule has 0 aromatic heterocycles. The number of amides is 2. The summed E-state index contributed by atoms with van der Waals surface area (Å²) in [4.78, 5) is 28.1. The third-order valence-electron chi connectivity index (χ3n) is 4.99. The summed E-state index contributed by atoms with van der Waals surface area (Å²) >= 11 is 0. The van der Waals surface area contributed by atoms with Crippen molar-refractivity contribution in [1.82, 2.24) is 9.80 Å². The first-order valence-corrected chi connectivity index (χ1v) is 10.1. The summed E-state index contributed by atoms with van der Waals surface area (Å²) in [6.07, 6.45) is 3.53. The number of benzene rings is 1. The maximum absolute atomic E-state index is 12.9. The van der Waals surface area contributed by atoms with Gasteiger partial charge in [-0.3, -0.25) is 4.79 Å². The third-order valence-corrected chi connectivity index (χ3v) is 4.99. The lowest BCUT2D eigenvalue weighted by Crippen LogP contribution is -2.44. The van der Waals surface area contributed by atoms with E-state index in [2.05, 4.69) is 0 Å². The molecule has 1 aliphatic heterocycles. The van der Waals surface area contributed by atoms with Gasteiger partial charge in [0.1, 0.15) is 11.4 Å². The van der Waals surface area contributed by atoms with E-state index in [1.165, 1.54) is 12.1 Å². The van der Waals surface area contributed by atoms with E-state index < -0.39 is 5.60 Å². The van der Waals surface area contributed by atoms with Gasteiger partial charge in [0.15, 0.2) is 0 Å². The molecular weight excluding hydrogens is 359 g/mol. The lowest BCUT2D eigenvalue weighted by molar-refractivity contribution is -0.130. The lowest BCUT2D eigenvalue weighted by atomic mass is 9.96. The highest BCUT2D eigenvalue weighted by Gasteiger charge is 2.27. The zero-order valence-electron chi connectivity index (χ0n) is 17.5. The molecular formula is C22H33FN2O3. The fourth-order valence-corrected chi connectivity index (χ4v) is 3.40. The number of ether oxygens (including phenoxy) is 1. The average Bonchev–Trinajstić information content (AvgIpc) is 2.62. The SMILES string of the molecule is CN(CC1CCN(C(=O)OC(C)(C)C)CC1)C(=O)CCCc1ccc(F)cc1. The summed E-state index contributed by atoms with van der Waals surface area (Å²) in [5, 5.41) is 0. The molecule has 0 aliphatic carbocycles. The Bertz CT molecular complexity index is 647. The van der Waals surface area contributed by atoms with Crippen LogP contribution in [0.4, 0.5) is 9.18 Å². The molecule has 1 aromatic carbocycles. The molecule has 2 amide bonds. The van der Waals surface area contributed by atoms with E-state index in [1.807, 2.05) is 27.8 Å². The largest absolute Gasteiger partial charge is 0.444 e. The molecule has 0 bridgehead atoms. The van der Waals surface area contributed by atoms with Crippen molar-refractivity contribution in [1.29, 1.82) is 0 Å². The van der Waals surface area contributed by atoms with E-state index in [1.54, 1.807) is 21.9 Å². The fraction of sp³-hybridized carbons (Fsp3) is 0.636. The van der Waals surface area contributed by atoms with Gasteiger partial charge < -0.3 is 14.5 Å². The topological polar surface area (TPSA) is 49.9 Å². The maximum atomic E-state index is 12.9. The average molecular weight is 393 g/mol. The number of halogens is 1. The van der Waals surface area contributed by atoms with Crippen LogP contribution in [0.25, 0.3) is 0 Å². The van der Waals surface area contributed by atoms with Crippen molar-refractivity contribution in [3.63, 3.8) is 0 Å². The minimum Gasteiger partial charge on any atom is -0.444 e. The van der Waals surface area contributed by atoms with Crippen LogP contribution in [0.2, 0.25) is 0 Å². The van der Waals surface area contributed by atoms with Crippen LogP contribution in [0.1, 0.15) is 52.0 Å². The number of carbonyl (C=O) groups is 2. The molecule has 1 heterocycles. The highest BCUT2D eigenvalue weighted by Crippen LogP contribution is 2.21. The van der Waals surface area contributed by atoms with Crippen molar-refractivity contribution in [3.05, 3.63) is 35.6 Å². The van der Waals surface area contributed by atoms with Gasteiger partial charge in [-0.15, -0.1) is 0 Å². The first-order chi connectivity index (χ1) is 13.1. The molecule has 1 saturated heterocycles. The Morgan fingerprint density at radius 3 is 2.36 bits per heavy atom. The third kappa shape index (κ3) is 7.49. The first-order valence-electron chi connectivity index (χ1n) is 10.1. The van der Waals surface area contributed by atoms with Crippen LogP contribution in [-0.4, -0.2) is 54.1 Å². The molecule has 0 N–H and O–H groups in total. The molecule has 28 heavy (non-hydrogen) atoms. The van der Waals surface area contributed by atoms with Crippen LogP contribution in [-0.2, 0) is 16.0 Å². The van der Waals surface area contributed by atoms with Crippen molar-refractivity contribution >= 4 is 12.0 Å². The molecule has 0 spiro atoms. The second-order valence-electron chi connectivity index (χ2n) is 8.67. The summed E-state index contributed by atoms with van der Waals surface area (Å²) in [5.41, 5.74) is 0.570. The molecule has 0 saturated carbocycles. The van der Waals surface area contributed by atoms with Gasteiger partial charge in [0.2, 0.25) is 5.91 Å². The number of likely N-dealkylation sites (tertiary alicyclic amines) is 1. The van der Waals surface area contributed by atoms with Crippen LogP contribution < -0.4 is 0 Å². The Balaban J connectivity index is 1.67. The Morgan fingerprint density at radius 1 is 1.18 bits per heavy atom. The molecule has 1 aromatic rings. The summed E-state index contributed by atoms with van der Waals surface area (Å²) < 4.78 is 18.3. The zero-order chi connectivity index (χ0) is 20.7. The Labute approximate surface area is 167 Å². The van der Waals surface area contributed by atoms with Crippen molar-refractivity contribution in [3.8, 4) is 0 Å². The Kier molecular flexibility index (Phi) is 7.84. The van der Waals surface area contributed by atoms with Crippen molar-refractivity contribution in [2.45, 2.75) is 58.5 Å². The fourth-order valence-electron chi connectivity index (χ4n) is 3.40. The minimum absolute atomic E-state index is 0.136. The monoisotopic (exact) mass is 392 g/mol. The van der Waals surface area contributed by atoms with Gasteiger partial charge in [0.05, 0.1) is 0 Å². The van der Waals surface area contributed by atoms with Crippen LogP contribution in [0.15, 0.2) is 24.3 Å². The van der Waals surface area contributed by atoms with Gasteiger partial charge in [-0.2, -0.15) is 0 Å². The predicted molar refractivity (Wildman–Crippen MR) is 108 cm³/mol. The van der Waals surface area contributed by atoms with Crippen molar-refractivity contribution in [2.24, 2.45) is 5.92 Å². The smallest absolute Gasteiger partial charge is 0.410 e. The summed E-state index contributed by atoms with van der Waals surface area (Å²) in [6, 6.07) is 6.43. The van der Waals surface area contributed by atoms with E-state index >= 15 is 0 Å². The number of hydrogen-bond donors (Lipinski definition) is 0. The predicted octanol–water partition coefficient (Wildman–Crippen LogP) is 4.25. The van der Waals surface area contributed by atoms with Gasteiger partial charge in [-0.1, -0.05) is 12.1 Å². The van der Waals surface area contributed by atoms with E-state index in [0.29, 0.717) is 25.4 Å². The highest BCUT2D eigenvalue weighted by atomic mass is 19.1. The Hall–Kier alpha value is -2.11. The molecule has 1 fully saturated rings. The highest BCUT2D eigenvalue weighted by molar-refractivity contribution is 5.75. The van der Waals surface area contributed by atoms with Crippen LogP contribution >= 0.6 is 0 Å². The van der Waals surface area contributed by atoms with Gasteiger partial charge in [0.25, 0.3) is 0 Å². The van der Waals surface area contributed by atoms with E-state index in [4.69, 9.17) is 4.74 Å². The summed E-state index contributed by atoms with van der Waals surface area (Å²) in [7, 11) is 1.85. The number of carbonyl (C=O) groups excluding carboxylic acids is 2. The number of piperidine rings is 1. The lowest BCUT2D eigenvalue weighted by Gasteiger charge is -2.34. The van der Waals surface area contributed by atoms with Gasteiger partial charge in [0, 0.05) is 33.1 Å². The van der Waals surface area contributed by atoms with E-state index in [-0.39, 0.29) is 17.8 Å². The zero-order valence-corrected chi connectivity index (χ0v) is 17.5. The molecule has 1 aliphatic rings. The summed E-state index contributed by atoms with van der Waals surface area (Å²) in [5.74, 6) is 0.304. The first kappa shape index (κ1) is 22.2. The van der Waals surface area contributed by atoms with Crippen molar-refractivity contribution < 1.29 is 18.7 Å². The number of aryl methyl sites for hydroxylation is 1. The molecule has 0 unspecified atom stereocenters. The van der Waals surface area contributed by atoms with Crippen molar-refractivity contribution in [2.75, 3.05) is 26.7 Å². The van der Waals surface area contributed by atoms with E-state index in [0.717, 1.165) is 37.8 Å². The minimum atomic E-state index is -0.478. The molecule has 5 nitrogen and oxygen atoms in total. The second kappa shape index (κ2) is 9.89. The van der Waals surface area contributed by atoms with Gasteiger partial charge in [-0.05, 0) is 70.1 Å². The molecule has 0 radical (unpaired) electrons. The quantitative estimate of drug-likeness (QED) is 0.727.